The maximum Gasteiger partial charge on any atom is 0.292 e. The largest absolute Gasteiger partial charge is 0.349 e. The van der Waals surface area contributed by atoms with E-state index in [9.17, 15) is 38.4 Å². The van der Waals surface area contributed by atoms with Crippen molar-refractivity contribution in [2.75, 3.05) is 85.0 Å². The SMILES string of the molecule is CN(C)CCCNC(=O)c1nc(NC(=O)c2nc(NC(=O)c3nc(NC(=O)c4ccc(C(=O)Nc5cc(C(=O)Nc6cc(C(=O)Nc7cc(NC(=O)CCCN(C)C)n(C)c7)n(C)c6)n(C)c5)cc4)cn3C)cn2C)cn1C. The molecule has 7 aromatic rings. The van der Waals surface area contributed by atoms with E-state index in [1.165, 1.54) is 73.3 Å². The van der Waals surface area contributed by atoms with E-state index in [2.05, 4.69) is 57.5 Å². The molecule has 27 heteroatoms. The lowest BCUT2D eigenvalue weighted by Crippen LogP contribution is -2.29. The molecule has 0 saturated heterocycles. The first-order valence-corrected chi connectivity index (χ1v) is 24.5. The highest BCUT2D eigenvalue weighted by Crippen LogP contribution is 2.23. The summed E-state index contributed by atoms with van der Waals surface area (Å²) in [5.74, 6) is -3.14. The summed E-state index contributed by atoms with van der Waals surface area (Å²) in [4.78, 5) is 122. The highest BCUT2D eigenvalue weighted by Gasteiger charge is 2.23. The third-order valence-electron chi connectivity index (χ3n) is 12.0. The second-order valence-electron chi connectivity index (χ2n) is 19.0. The second-order valence-corrected chi connectivity index (χ2v) is 19.0. The summed E-state index contributed by atoms with van der Waals surface area (Å²) in [5.41, 5.74) is 2.01. The number of rotatable bonds is 22. The number of nitrogens with zero attached hydrogens (tertiary/aromatic N) is 11. The van der Waals surface area contributed by atoms with Crippen molar-refractivity contribution < 1.29 is 38.4 Å². The number of benzene rings is 1. The molecule has 0 radical (unpaired) electrons. The lowest BCUT2D eigenvalue weighted by molar-refractivity contribution is -0.116. The third kappa shape index (κ3) is 14.2. The zero-order valence-corrected chi connectivity index (χ0v) is 44.9. The van der Waals surface area contributed by atoms with Crippen LogP contribution >= 0.6 is 0 Å². The van der Waals surface area contributed by atoms with E-state index >= 15 is 0 Å². The number of hydrogen-bond acceptors (Lipinski definition) is 13. The minimum absolute atomic E-state index is 0.0414. The standard InChI is InChI=1S/C51H63N19O8/c1-63(2)19-11-13-41(71)62-40-23-34(26-67(40)7)55-48(75)36-22-33(25-66(36)6)54-47(74)35-21-32(24-65(35)5)53-45(72)30-14-16-31(17-15-30)46(73)59-37-27-69(9)43(57-37)50(77)61-39-29-70(10)44(58-39)51(78)60-38-28-68(8)42(56-38)49(76)52-18-12-20-64(3)4/h14-17,21-29H,11-13,18-20H2,1-10H3,(H,52,76)(H,53,72)(H,54,74)(H,55,75)(H,59,73)(H,60,78)(H,61,77)(H,62,71). The molecule has 0 saturated carbocycles. The fourth-order valence-electron chi connectivity index (χ4n) is 8.02. The lowest BCUT2D eigenvalue weighted by atomic mass is 10.1. The van der Waals surface area contributed by atoms with Gasteiger partial charge in [0, 0.05) is 110 Å². The summed E-state index contributed by atoms with van der Waals surface area (Å²) < 4.78 is 9.09. The first kappa shape index (κ1) is 56.1. The Hall–Kier alpha value is -9.63. The summed E-state index contributed by atoms with van der Waals surface area (Å²) >= 11 is 0. The molecule has 7 rings (SSSR count). The zero-order chi connectivity index (χ0) is 56.5. The second kappa shape index (κ2) is 24.4. The van der Waals surface area contributed by atoms with Gasteiger partial charge in [0.1, 0.15) is 17.2 Å². The van der Waals surface area contributed by atoms with E-state index < -0.39 is 35.4 Å². The molecule has 6 aromatic heterocycles. The summed E-state index contributed by atoms with van der Waals surface area (Å²) in [6.07, 6.45) is 11.0. The fraction of sp³-hybridized carbons (Fsp3) is 0.314. The van der Waals surface area contributed by atoms with Gasteiger partial charge in [-0.1, -0.05) is 0 Å². The molecule has 0 aliphatic heterocycles. The van der Waals surface area contributed by atoms with Crippen LogP contribution in [0, 0.1) is 0 Å². The van der Waals surface area contributed by atoms with Gasteiger partial charge in [-0.25, -0.2) is 15.0 Å². The van der Waals surface area contributed by atoms with E-state index in [0.717, 1.165) is 19.5 Å². The van der Waals surface area contributed by atoms with Crippen LogP contribution in [0.25, 0.3) is 0 Å². The van der Waals surface area contributed by atoms with E-state index in [-0.39, 0.29) is 69.3 Å². The third-order valence-corrected chi connectivity index (χ3v) is 12.0. The number of amides is 8. The molecule has 8 N–H and O–H groups in total. The van der Waals surface area contributed by atoms with E-state index in [0.29, 0.717) is 42.3 Å². The van der Waals surface area contributed by atoms with Crippen molar-refractivity contribution >= 4 is 87.6 Å². The van der Waals surface area contributed by atoms with Gasteiger partial charge in [0.2, 0.25) is 23.4 Å². The molecular weight excluding hydrogens is 1010 g/mol. The van der Waals surface area contributed by atoms with Gasteiger partial charge in [-0.05, 0) is 90.5 Å². The Kier molecular flexibility index (Phi) is 17.5. The highest BCUT2D eigenvalue weighted by molar-refractivity contribution is 6.10. The van der Waals surface area contributed by atoms with E-state index in [4.69, 9.17) is 0 Å². The molecule has 0 aliphatic rings. The van der Waals surface area contributed by atoms with Gasteiger partial charge in [0.25, 0.3) is 41.4 Å². The molecule has 0 aliphatic carbocycles. The summed E-state index contributed by atoms with van der Waals surface area (Å²) in [7, 11) is 17.6. The Morgan fingerprint density at radius 3 is 1.27 bits per heavy atom. The molecule has 0 spiro atoms. The predicted octanol–water partition coefficient (Wildman–Crippen LogP) is 3.38. The summed E-state index contributed by atoms with van der Waals surface area (Å²) in [6, 6.07) is 10.5. The van der Waals surface area contributed by atoms with Gasteiger partial charge in [0.05, 0.1) is 17.1 Å². The van der Waals surface area contributed by atoms with Gasteiger partial charge in [-0.15, -0.1) is 0 Å². The molecule has 410 valence electrons. The number of aryl methyl sites for hydroxylation is 6. The maximum absolute atomic E-state index is 13.4. The van der Waals surface area contributed by atoms with Crippen molar-refractivity contribution in [1.82, 2.24) is 57.5 Å². The number of aromatic nitrogens is 9. The molecule has 8 amide bonds. The van der Waals surface area contributed by atoms with Crippen LogP contribution in [0.3, 0.4) is 0 Å². The number of nitrogens with one attached hydrogen (secondary N) is 8. The first-order chi connectivity index (χ1) is 37.0. The van der Waals surface area contributed by atoms with Gasteiger partial charge in [0.15, 0.2) is 17.5 Å². The smallest absolute Gasteiger partial charge is 0.292 e. The molecular formula is C51H63N19O8. The van der Waals surface area contributed by atoms with Crippen LogP contribution in [0.2, 0.25) is 0 Å². The first-order valence-electron chi connectivity index (χ1n) is 24.5. The van der Waals surface area contributed by atoms with E-state index in [1.807, 2.05) is 38.0 Å². The molecule has 6 heterocycles. The van der Waals surface area contributed by atoms with Crippen LogP contribution in [0.1, 0.15) is 92.8 Å². The summed E-state index contributed by atoms with van der Waals surface area (Å²) in [6.45, 7) is 2.05. The summed E-state index contributed by atoms with van der Waals surface area (Å²) in [5, 5.41) is 21.9. The maximum atomic E-state index is 13.4. The average Bonchev–Trinajstić information content (AvgIpc) is 4.27. The van der Waals surface area contributed by atoms with Crippen LogP contribution in [0.5, 0.6) is 0 Å². The molecule has 0 unspecified atom stereocenters. The highest BCUT2D eigenvalue weighted by atomic mass is 16.2. The van der Waals surface area contributed by atoms with Gasteiger partial charge in [-0.3, -0.25) is 38.4 Å². The van der Waals surface area contributed by atoms with Gasteiger partial charge >= 0.3 is 0 Å². The number of hydrogen-bond donors (Lipinski definition) is 8. The van der Waals surface area contributed by atoms with E-state index in [1.54, 1.807) is 76.1 Å². The minimum Gasteiger partial charge on any atom is -0.349 e. The monoisotopic (exact) mass is 1070 g/mol. The van der Waals surface area contributed by atoms with Crippen LogP contribution in [0.15, 0.2) is 79.6 Å². The number of imidazole rings is 3. The number of anilines is 7. The Bertz CT molecular complexity index is 3400. The number of carbonyl (C=O) groups excluding carboxylic acids is 8. The topological polar surface area (TPSA) is 308 Å². The van der Waals surface area contributed by atoms with Crippen molar-refractivity contribution in [2.45, 2.75) is 19.3 Å². The van der Waals surface area contributed by atoms with Crippen molar-refractivity contribution in [3.63, 3.8) is 0 Å². The molecule has 27 nitrogen and oxygen atoms in total. The van der Waals surface area contributed by atoms with Crippen LogP contribution in [0.4, 0.5) is 40.3 Å². The molecule has 0 atom stereocenters. The minimum atomic E-state index is -0.683. The normalized spacial score (nSPS) is 11.1. The van der Waals surface area contributed by atoms with Crippen molar-refractivity contribution in [3.8, 4) is 0 Å². The molecule has 78 heavy (non-hydrogen) atoms. The Balaban J connectivity index is 0.880. The van der Waals surface area contributed by atoms with Crippen molar-refractivity contribution in [3.05, 3.63) is 120 Å². The lowest BCUT2D eigenvalue weighted by Gasteiger charge is -2.09. The fourth-order valence-corrected chi connectivity index (χ4v) is 8.02. The zero-order valence-electron chi connectivity index (χ0n) is 44.9. The Morgan fingerprint density at radius 2 is 0.808 bits per heavy atom. The quantitative estimate of drug-likeness (QED) is 0.0452. The molecule has 0 fully saturated rings. The Morgan fingerprint density at radius 1 is 0.423 bits per heavy atom. The van der Waals surface area contributed by atoms with Crippen molar-refractivity contribution in [1.29, 1.82) is 0 Å². The van der Waals surface area contributed by atoms with Crippen LogP contribution in [-0.2, 0) is 47.1 Å². The average molecular weight is 1070 g/mol. The Labute approximate surface area is 448 Å². The molecule has 1 aromatic carbocycles. The van der Waals surface area contributed by atoms with Gasteiger partial charge in [-0.2, -0.15) is 0 Å². The number of carbonyl (C=O) groups is 8. The van der Waals surface area contributed by atoms with Crippen molar-refractivity contribution in [2.24, 2.45) is 42.3 Å². The molecule has 0 bridgehead atoms. The van der Waals surface area contributed by atoms with Crippen LogP contribution in [-0.4, -0.2) is 147 Å². The van der Waals surface area contributed by atoms with Crippen LogP contribution < -0.4 is 42.5 Å². The predicted molar refractivity (Wildman–Crippen MR) is 292 cm³/mol. The van der Waals surface area contributed by atoms with Gasteiger partial charge < -0.3 is 79.7 Å².